The van der Waals surface area contributed by atoms with Gasteiger partial charge < -0.3 is 33.7 Å². The van der Waals surface area contributed by atoms with Crippen LogP contribution in [0.2, 0.25) is 0 Å². The van der Waals surface area contributed by atoms with Crippen LogP contribution in [0.1, 0.15) is 372 Å². The third-order valence-electron chi connectivity index (χ3n) is 28.6. The van der Waals surface area contributed by atoms with E-state index in [1.165, 1.54) is 270 Å². The highest BCUT2D eigenvalue weighted by Crippen LogP contribution is 2.45. The number of fused-ring (bicyclic) bond motifs is 8. The van der Waals surface area contributed by atoms with Gasteiger partial charge in [0.2, 0.25) is 0 Å². The van der Waals surface area contributed by atoms with Crippen LogP contribution in [0.25, 0.3) is 0 Å². The molecular weight excluding hydrogens is 1200 g/mol. The van der Waals surface area contributed by atoms with Gasteiger partial charge in [0.05, 0.1) is 32.0 Å². The number of likely N-dealkylation sites (N-methyl/N-ethyl adjacent to an activating group) is 1. The molecule has 0 aromatic carbocycles. The minimum atomic E-state index is -0.194. The predicted octanol–water partition coefficient (Wildman–Crippen LogP) is 25.3. The normalized spacial score (nSPS) is 40.4. The Hall–Kier alpha value is -0.280. The van der Waals surface area contributed by atoms with Crippen molar-refractivity contribution in [1.29, 1.82) is 0 Å². The van der Waals surface area contributed by atoms with Crippen LogP contribution in [0.5, 0.6) is 0 Å². The summed E-state index contributed by atoms with van der Waals surface area (Å²) in [6.07, 6.45) is 63.2. The summed E-state index contributed by atoms with van der Waals surface area (Å²) in [4.78, 5) is 2.43. The van der Waals surface area contributed by atoms with Crippen LogP contribution in [0.4, 0.5) is 0 Å². The van der Waals surface area contributed by atoms with Gasteiger partial charge in [0, 0.05) is 46.1 Å². The largest absolute Gasteiger partial charge is 0.394 e. The van der Waals surface area contributed by atoms with Crippen molar-refractivity contribution in [1.82, 2.24) is 4.90 Å². The van der Waals surface area contributed by atoms with E-state index in [1.54, 1.807) is 0 Å². The molecule has 6 fully saturated rings. The van der Waals surface area contributed by atoms with E-state index in [1.807, 2.05) is 0 Å². The lowest BCUT2D eigenvalue weighted by Gasteiger charge is -2.32. The lowest BCUT2D eigenvalue weighted by atomic mass is 9.84. The first kappa shape index (κ1) is 86.6. The van der Waals surface area contributed by atoms with Crippen molar-refractivity contribution in [2.75, 3.05) is 73.0 Å². The van der Waals surface area contributed by atoms with Gasteiger partial charge in [-0.25, -0.2) is 0 Å². The number of nitrogens with zero attached hydrogens (tertiary/aromatic N) is 1. The first-order chi connectivity index (χ1) is 47.4. The Balaban J connectivity index is 0.871. The smallest absolute Gasteiger partial charge is 0.104 e. The minimum absolute atomic E-state index is 0.0528. The third kappa shape index (κ3) is 37.3. The Morgan fingerprint density at radius 2 is 0.500 bits per heavy atom. The molecule has 1 N–H and O–H groups in total. The van der Waals surface area contributed by atoms with Gasteiger partial charge in [-0.2, -0.15) is 0 Å². The van der Waals surface area contributed by atoms with Crippen LogP contribution in [0, 0.1) is 118 Å². The molecule has 22 unspecified atom stereocenters. The zero-order chi connectivity index (χ0) is 70.3. The van der Waals surface area contributed by atoms with Crippen LogP contribution in [-0.2, 0) is 23.7 Å². The van der Waals surface area contributed by atoms with Gasteiger partial charge in [0.1, 0.15) is 6.10 Å². The second kappa shape index (κ2) is 51.1. The van der Waals surface area contributed by atoms with E-state index in [-0.39, 0.29) is 18.8 Å². The summed E-state index contributed by atoms with van der Waals surface area (Å²) in [7, 11) is 2.25. The molecule has 0 aromatic rings. The van der Waals surface area contributed by atoms with Gasteiger partial charge in [0.15, 0.2) is 0 Å². The Bertz CT molecular complexity index is 1900. The maximum Gasteiger partial charge on any atom is 0.104 e. The summed E-state index contributed by atoms with van der Waals surface area (Å²) in [6.45, 7) is 37.8. The monoisotopic (exact) mass is 1380 g/mol. The van der Waals surface area contributed by atoms with Crippen LogP contribution >= 0.6 is 0 Å². The van der Waals surface area contributed by atoms with Crippen molar-refractivity contribution in [2.45, 2.75) is 390 Å². The van der Waals surface area contributed by atoms with Gasteiger partial charge in [-0.05, 0) is 209 Å². The maximum atomic E-state index is 10.1. The quantitative estimate of drug-likeness (QED) is 0.294. The standard InChI is InChI=1S/C91H173NO6/c1-69-22-14-30-77(9)85-46-42-81(60-85)34-18-26-73(5)50-55-94-67-90(65-92(13)64-89-54-59-96-89)97-57-52-75(7)28-20-36-83-44-48-87(62-83)79(11)32-16-24-71(3)40-41-72(4)25-17-33-80(12)88-49-45-84(63-88)37-21-29-76(8)53-58-98-91(66-93)68-95-56-51-74(6)27-19-35-82-43-47-86(61-82)78(10)31-15-23-70(2)39-38-69/h69-91,93H,14-68H2,1-13H3/t69?,70?,71?,72?,73?,74?,75?,76?,77?,78?,79?,80?,81?,82?,83?,84?,85?,86?,87?,88?,89-,90?,91?/m1/s1. The number of aliphatic hydroxyl groups excluding tert-OH is 1. The minimum Gasteiger partial charge on any atom is -0.394 e. The van der Waals surface area contributed by atoms with Gasteiger partial charge in [-0.1, -0.05) is 289 Å². The molecule has 7 heteroatoms. The average molecular weight is 1380 g/mol. The Morgan fingerprint density at radius 1 is 0.255 bits per heavy atom. The molecule has 4 saturated carbocycles. The van der Waals surface area contributed by atoms with Gasteiger partial charge >= 0.3 is 0 Å². The lowest BCUT2D eigenvalue weighted by molar-refractivity contribution is -0.0768. The number of ether oxygens (including phenoxy) is 5. The van der Waals surface area contributed by atoms with Crippen LogP contribution in [0.3, 0.4) is 0 Å². The van der Waals surface area contributed by atoms with E-state index in [9.17, 15) is 5.11 Å². The average Bonchev–Trinajstić information content (AvgIpc) is 2.78. The van der Waals surface area contributed by atoms with Crippen molar-refractivity contribution >= 4 is 0 Å². The van der Waals surface area contributed by atoms with Crippen molar-refractivity contribution in [3.63, 3.8) is 0 Å². The zero-order valence-corrected chi connectivity index (χ0v) is 68.1. The Morgan fingerprint density at radius 3 is 0.796 bits per heavy atom. The Labute approximate surface area is 612 Å². The molecule has 6 aliphatic rings. The molecule has 7 nitrogen and oxygen atoms in total. The van der Waals surface area contributed by atoms with Crippen LogP contribution < -0.4 is 0 Å². The number of aliphatic hydroxyl groups is 1. The number of hydrogen-bond donors (Lipinski definition) is 1. The van der Waals surface area contributed by atoms with Crippen molar-refractivity contribution in [2.24, 2.45) is 118 Å². The van der Waals surface area contributed by atoms with Gasteiger partial charge in [-0.15, -0.1) is 0 Å². The summed E-state index contributed by atoms with van der Waals surface area (Å²) in [6, 6.07) is 0. The second-order valence-electron chi connectivity index (χ2n) is 38.1. The van der Waals surface area contributed by atoms with Crippen LogP contribution in [0.15, 0.2) is 0 Å². The SMILES string of the molecule is CC1CCCC2CCC(C2)C(C)CCCC(C)CCC(C)CCCC(C)C2CCC(CCCC(C)CCOCC(CN(C)C[C@H]3CCO3)OCCC(C)CCCC3CCC(C3)C(C)CCCC(C)CCC(C)CCCC(C)C3CCC(CCCC(C)CCOC(CO)COCC1)C3)C2. The topological polar surface area (TPSA) is 69.6 Å². The highest BCUT2D eigenvalue weighted by Gasteiger charge is 2.33. The fourth-order valence-electron chi connectivity index (χ4n) is 20.4. The Kier molecular flexibility index (Phi) is 45.2. The van der Waals surface area contributed by atoms with Crippen molar-refractivity contribution in [3.05, 3.63) is 0 Å². The fourth-order valence-corrected chi connectivity index (χ4v) is 20.4. The van der Waals surface area contributed by atoms with E-state index >= 15 is 0 Å². The summed E-state index contributed by atoms with van der Waals surface area (Å²) >= 11 is 0. The predicted molar refractivity (Wildman–Crippen MR) is 421 cm³/mol. The third-order valence-corrected chi connectivity index (χ3v) is 28.6. The van der Waals surface area contributed by atoms with E-state index in [0.29, 0.717) is 31.2 Å². The van der Waals surface area contributed by atoms with Crippen molar-refractivity contribution < 1.29 is 28.8 Å². The fraction of sp³-hybridized carbons (Fsp3) is 1.00. The second-order valence-corrected chi connectivity index (χ2v) is 38.1. The first-order valence-corrected chi connectivity index (χ1v) is 44.7. The van der Waals surface area contributed by atoms with Gasteiger partial charge in [-0.3, -0.25) is 0 Å². The van der Waals surface area contributed by atoms with E-state index in [4.69, 9.17) is 23.7 Å². The molecule has 0 aromatic heterocycles. The molecule has 0 spiro atoms. The van der Waals surface area contributed by atoms with E-state index in [2.05, 4.69) is 95.0 Å². The molecular formula is C91H173NO6. The molecule has 0 amide bonds. The molecule has 4 aliphatic carbocycles. The molecule has 23 atom stereocenters. The zero-order valence-electron chi connectivity index (χ0n) is 68.1. The van der Waals surface area contributed by atoms with Gasteiger partial charge in [0.25, 0.3) is 0 Å². The summed E-state index contributed by atoms with van der Waals surface area (Å²) < 4.78 is 31.3. The van der Waals surface area contributed by atoms with E-state index < -0.39 is 0 Å². The lowest BCUT2D eigenvalue weighted by Crippen LogP contribution is -2.42. The van der Waals surface area contributed by atoms with Crippen molar-refractivity contribution in [3.8, 4) is 0 Å². The van der Waals surface area contributed by atoms with E-state index in [0.717, 1.165) is 172 Å². The summed E-state index contributed by atoms with van der Waals surface area (Å²) in [5.74, 6) is 17.6. The highest BCUT2D eigenvalue weighted by molar-refractivity contribution is 4.84. The molecule has 0 radical (unpaired) electrons. The number of hydrogen-bond acceptors (Lipinski definition) is 7. The molecule has 578 valence electrons. The molecule has 8 bridgehead atoms. The molecule has 2 saturated heterocycles. The molecule has 98 heavy (non-hydrogen) atoms. The highest BCUT2D eigenvalue weighted by atomic mass is 16.5. The number of rotatable bonds is 5. The molecule has 6 rings (SSSR count). The molecule has 2 aliphatic heterocycles. The maximum absolute atomic E-state index is 10.1. The molecule has 2 heterocycles. The first-order valence-electron chi connectivity index (χ1n) is 44.7. The summed E-state index contributed by atoms with van der Waals surface area (Å²) in [5.41, 5.74) is 0. The summed E-state index contributed by atoms with van der Waals surface area (Å²) in [5, 5.41) is 10.1. The van der Waals surface area contributed by atoms with Crippen LogP contribution in [-0.4, -0.2) is 101 Å².